The Kier molecular flexibility index (Phi) is 3.00. The number of rotatable bonds is 2. The number of aryl methyl sites for hydroxylation is 2. The number of hydrogen-bond donors (Lipinski definition) is 2. The van der Waals surface area contributed by atoms with Crippen LogP contribution < -0.4 is 10.9 Å². The van der Waals surface area contributed by atoms with E-state index in [9.17, 15) is 9.59 Å². The van der Waals surface area contributed by atoms with Crippen molar-refractivity contribution in [1.29, 1.82) is 0 Å². The van der Waals surface area contributed by atoms with Crippen LogP contribution in [0.25, 0.3) is 10.2 Å². The van der Waals surface area contributed by atoms with Gasteiger partial charge in [-0.25, -0.2) is 0 Å². The van der Waals surface area contributed by atoms with Gasteiger partial charge in [0, 0.05) is 23.9 Å². The number of nitrogens with zero attached hydrogens (tertiary/aromatic N) is 1. The third-order valence-electron chi connectivity index (χ3n) is 4.33. The number of hydrogen-bond acceptors (Lipinski definition) is 4. The molecule has 1 aliphatic heterocycles. The SMILES string of the molecule is O=C1CCC(Cn2c(=S)[nH]c3sc4c(c3c2=O)CCC4)N1. The molecule has 4 rings (SSSR count). The molecule has 110 valence electrons. The first-order valence-corrected chi connectivity index (χ1v) is 8.42. The van der Waals surface area contributed by atoms with Gasteiger partial charge in [0.05, 0.1) is 5.39 Å². The molecule has 1 unspecified atom stereocenters. The van der Waals surface area contributed by atoms with Gasteiger partial charge in [-0.2, -0.15) is 0 Å². The van der Waals surface area contributed by atoms with Crippen molar-refractivity contribution in [2.75, 3.05) is 0 Å². The smallest absolute Gasteiger partial charge is 0.263 e. The Hall–Kier alpha value is -1.47. The molecule has 3 heterocycles. The minimum absolute atomic E-state index is 0.00528. The molecule has 0 aromatic carbocycles. The summed E-state index contributed by atoms with van der Waals surface area (Å²) in [6, 6.07) is 0.00874. The molecule has 2 aliphatic rings. The summed E-state index contributed by atoms with van der Waals surface area (Å²) in [6.07, 6.45) is 4.47. The summed E-state index contributed by atoms with van der Waals surface area (Å²) in [5.41, 5.74) is 1.20. The van der Waals surface area contributed by atoms with E-state index in [4.69, 9.17) is 12.2 Å². The van der Waals surface area contributed by atoms with Crippen LogP contribution >= 0.6 is 23.6 Å². The highest BCUT2D eigenvalue weighted by Crippen LogP contribution is 2.34. The Bertz CT molecular complexity index is 861. The third kappa shape index (κ3) is 2.06. The van der Waals surface area contributed by atoms with Gasteiger partial charge in [-0.1, -0.05) is 0 Å². The second-order valence-corrected chi connectivity index (χ2v) is 7.20. The molecule has 0 saturated carbocycles. The molecule has 1 aliphatic carbocycles. The van der Waals surface area contributed by atoms with Gasteiger partial charge < -0.3 is 10.3 Å². The number of aromatic amines is 1. The zero-order valence-corrected chi connectivity index (χ0v) is 13.0. The van der Waals surface area contributed by atoms with Gasteiger partial charge in [0.2, 0.25) is 5.91 Å². The normalized spacial score (nSPS) is 21.0. The average Bonchev–Trinajstić information content (AvgIpc) is 3.10. The summed E-state index contributed by atoms with van der Waals surface area (Å²) in [7, 11) is 0. The quantitative estimate of drug-likeness (QED) is 0.830. The lowest BCUT2D eigenvalue weighted by Gasteiger charge is -2.12. The molecule has 5 nitrogen and oxygen atoms in total. The Morgan fingerprint density at radius 2 is 2.14 bits per heavy atom. The topological polar surface area (TPSA) is 66.9 Å². The van der Waals surface area contributed by atoms with E-state index in [2.05, 4.69) is 10.3 Å². The zero-order valence-electron chi connectivity index (χ0n) is 11.4. The first-order valence-electron chi connectivity index (χ1n) is 7.20. The van der Waals surface area contributed by atoms with Crippen LogP contribution in [-0.4, -0.2) is 21.5 Å². The molecular formula is C14H15N3O2S2. The fourth-order valence-electron chi connectivity index (χ4n) is 3.31. The van der Waals surface area contributed by atoms with E-state index in [1.807, 2.05) is 0 Å². The molecule has 2 aromatic heterocycles. The summed E-state index contributed by atoms with van der Waals surface area (Å²) in [5.74, 6) is 0.0560. The number of thiophene rings is 1. The fourth-order valence-corrected chi connectivity index (χ4v) is 4.92. The standard InChI is InChI=1S/C14H15N3O2S2/c18-10-5-4-7(15-10)6-17-13(19)11-8-2-1-3-9(8)21-12(11)16-14(17)20/h7H,1-6H2,(H,15,18)(H,16,20). The van der Waals surface area contributed by atoms with Gasteiger partial charge >= 0.3 is 0 Å². The van der Waals surface area contributed by atoms with Crippen molar-refractivity contribution < 1.29 is 4.79 Å². The maximum absolute atomic E-state index is 12.8. The van der Waals surface area contributed by atoms with Crippen molar-refractivity contribution in [1.82, 2.24) is 14.9 Å². The summed E-state index contributed by atoms with van der Waals surface area (Å²) in [6.45, 7) is 0.459. The predicted molar refractivity (Wildman–Crippen MR) is 84.5 cm³/mol. The average molecular weight is 321 g/mol. The summed E-state index contributed by atoms with van der Waals surface area (Å²) in [5, 5.41) is 3.71. The van der Waals surface area contributed by atoms with Crippen molar-refractivity contribution >= 4 is 39.7 Å². The number of carbonyl (C=O) groups is 1. The minimum Gasteiger partial charge on any atom is -0.352 e. The van der Waals surface area contributed by atoms with Crippen LogP contribution in [0.15, 0.2) is 4.79 Å². The second kappa shape index (κ2) is 4.78. The van der Waals surface area contributed by atoms with E-state index in [0.717, 1.165) is 35.9 Å². The van der Waals surface area contributed by atoms with Crippen LogP contribution in [0.1, 0.15) is 29.7 Å². The summed E-state index contributed by atoms with van der Waals surface area (Å²) < 4.78 is 2.06. The van der Waals surface area contributed by atoms with Crippen LogP contribution in [0.4, 0.5) is 0 Å². The Balaban J connectivity index is 1.83. The summed E-state index contributed by atoms with van der Waals surface area (Å²) in [4.78, 5) is 29.5. The van der Waals surface area contributed by atoms with Crippen molar-refractivity contribution in [2.45, 2.75) is 44.7 Å². The molecule has 1 saturated heterocycles. The van der Waals surface area contributed by atoms with Crippen molar-refractivity contribution in [3.63, 3.8) is 0 Å². The number of nitrogens with one attached hydrogen (secondary N) is 2. The van der Waals surface area contributed by atoms with Crippen LogP contribution in [-0.2, 0) is 24.2 Å². The molecule has 2 N–H and O–H groups in total. The maximum Gasteiger partial charge on any atom is 0.263 e. The number of H-pyrrole nitrogens is 1. The first kappa shape index (κ1) is 13.2. The molecule has 1 amide bonds. The third-order valence-corrected chi connectivity index (χ3v) is 5.86. The second-order valence-electron chi connectivity index (χ2n) is 5.71. The monoisotopic (exact) mass is 321 g/mol. The molecule has 1 atom stereocenters. The molecule has 0 radical (unpaired) electrons. The van der Waals surface area contributed by atoms with Gasteiger partial charge in [0.1, 0.15) is 4.83 Å². The Morgan fingerprint density at radius 3 is 2.90 bits per heavy atom. The predicted octanol–water partition coefficient (Wildman–Crippen LogP) is 1.89. The maximum atomic E-state index is 12.8. The van der Waals surface area contributed by atoms with Gasteiger partial charge in [0.25, 0.3) is 5.56 Å². The van der Waals surface area contributed by atoms with E-state index in [1.54, 1.807) is 15.9 Å². The molecular weight excluding hydrogens is 306 g/mol. The fraction of sp³-hybridized carbons (Fsp3) is 0.500. The number of aromatic nitrogens is 2. The van der Waals surface area contributed by atoms with Gasteiger partial charge in [0.15, 0.2) is 4.77 Å². The molecule has 0 bridgehead atoms. The van der Waals surface area contributed by atoms with E-state index in [1.165, 1.54) is 10.4 Å². The highest BCUT2D eigenvalue weighted by Gasteiger charge is 2.24. The lowest BCUT2D eigenvalue weighted by Crippen LogP contribution is -2.34. The van der Waals surface area contributed by atoms with Crippen molar-refractivity contribution in [3.8, 4) is 0 Å². The largest absolute Gasteiger partial charge is 0.352 e. The highest BCUT2D eigenvalue weighted by atomic mass is 32.1. The Labute approximate surface area is 130 Å². The molecule has 0 spiro atoms. The number of fused-ring (bicyclic) bond motifs is 3. The summed E-state index contributed by atoms with van der Waals surface area (Å²) >= 11 is 7.00. The van der Waals surface area contributed by atoms with Gasteiger partial charge in [-0.15, -0.1) is 11.3 Å². The number of amides is 1. The van der Waals surface area contributed by atoms with Crippen molar-refractivity contribution in [3.05, 3.63) is 25.6 Å². The molecule has 2 aromatic rings. The van der Waals surface area contributed by atoms with Crippen LogP contribution in [0.5, 0.6) is 0 Å². The van der Waals surface area contributed by atoms with E-state index in [-0.39, 0.29) is 17.5 Å². The molecule has 21 heavy (non-hydrogen) atoms. The minimum atomic E-state index is -0.00528. The highest BCUT2D eigenvalue weighted by molar-refractivity contribution is 7.71. The van der Waals surface area contributed by atoms with Crippen LogP contribution in [0, 0.1) is 4.77 Å². The van der Waals surface area contributed by atoms with Gasteiger partial charge in [-0.05, 0) is 43.5 Å². The number of carbonyl (C=O) groups excluding carboxylic acids is 1. The van der Waals surface area contributed by atoms with Crippen LogP contribution in [0.2, 0.25) is 0 Å². The lowest BCUT2D eigenvalue weighted by molar-refractivity contribution is -0.119. The lowest BCUT2D eigenvalue weighted by atomic mass is 10.2. The van der Waals surface area contributed by atoms with Crippen molar-refractivity contribution in [2.24, 2.45) is 0 Å². The van der Waals surface area contributed by atoms with E-state index >= 15 is 0 Å². The first-order chi connectivity index (χ1) is 10.1. The van der Waals surface area contributed by atoms with E-state index in [0.29, 0.717) is 17.7 Å². The van der Waals surface area contributed by atoms with Crippen LogP contribution in [0.3, 0.4) is 0 Å². The molecule has 1 fully saturated rings. The zero-order chi connectivity index (χ0) is 14.6. The Morgan fingerprint density at radius 1 is 1.29 bits per heavy atom. The van der Waals surface area contributed by atoms with Gasteiger partial charge in [-0.3, -0.25) is 14.2 Å². The van der Waals surface area contributed by atoms with E-state index < -0.39 is 0 Å². The molecule has 7 heteroatoms.